The maximum absolute atomic E-state index is 10.5. The second-order valence-electron chi connectivity index (χ2n) is 10.5. The molecule has 1 aliphatic rings. The van der Waals surface area contributed by atoms with Gasteiger partial charge in [-0.05, 0) is 67.6 Å². The Balaban J connectivity index is 0.000000248. The van der Waals surface area contributed by atoms with Crippen molar-refractivity contribution in [2.45, 2.75) is 18.4 Å². The molecule has 1 aromatic heterocycles. The Hall–Kier alpha value is -4.24. The highest BCUT2D eigenvalue weighted by atomic mass is 32.2. The van der Waals surface area contributed by atoms with Crippen LogP contribution in [-0.4, -0.2) is 56.2 Å². The van der Waals surface area contributed by atoms with E-state index in [-0.39, 0.29) is 10.6 Å². The standard InChI is InChI=1S/C27H28N3.C7H8O4S/c1-3-16-30-25-10-6-4-8-23(25)27(24-9-5-7-11-26(24)30)21-12-14-22(15-13-21)29-19-17-28(2)18-20-29;1-5-2-3-6(8)4-7(5)12(9,10)11/h3-15H,1,16-20H2,2H3;2-4,8H,1H3,(H,9,10,11)/q+1;/p-1. The third-order valence-electron chi connectivity index (χ3n) is 7.71. The zero-order chi connectivity index (χ0) is 29.9. The van der Waals surface area contributed by atoms with Crippen molar-refractivity contribution in [3.63, 3.8) is 0 Å². The zero-order valence-electron chi connectivity index (χ0n) is 23.9. The number of aromatic hydroxyl groups is 1. The number of nitrogens with zero attached hydrogens (tertiary/aromatic N) is 3. The fraction of sp³-hybridized carbons (Fsp3) is 0.206. The van der Waals surface area contributed by atoms with Crippen LogP contribution in [0.15, 0.2) is 109 Å². The molecule has 1 fully saturated rings. The van der Waals surface area contributed by atoms with Crippen LogP contribution in [0.2, 0.25) is 0 Å². The normalized spacial score (nSPS) is 14.0. The number of para-hydroxylation sites is 2. The van der Waals surface area contributed by atoms with Gasteiger partial charge in [-0.15, -0.1) is 0 Å². The van der Waals surface area contributed by atoms with E-state index in [1.54, 1.807) is 0 Å². The number of likely N-dealkylation sites (N-methyl/N-ethyl adjacent to an activating group) is 1. The highest BCUT2D eigenvalue weighted by Crippen LogP contribution is 2.35. The lowest BCUT2D eigenvalue weighted by Gasteiger charge is -2.34. The molecule has 42 heavy (non-hydrogen) atoms. The third-order valence-corrected chi connectivity index (χ3v) is 8.68. The molecule has 1 N–H and O–H groups in total. The van der Waals surface area contributed by atoms with Crippen LogP contribution in [0, 0.1) is 6.92 Å². The van der Waals surface area contributed by atoms with Crippen LogP contribution in [0.5, 0.6) is 5.75 Å². The van der Waals surface area contributed by atoms with E-state index >= 15 is 0 Å². The molecule has 7 nitrogen and oxygen atoms in total. The van der Waals surface area contributed by atoms with Crippen molar-refractivity contribution in [3.05, 3.63) is 109 Å². The van der Waals surface area contributed by atoms with Gasteiger partial charge in [-0.1, -0.05) is 49.0 Å². The molecule has 0 unspecified atom stereocenters. The molecule has 0 aliphatic carbocycles. The predicted molar refractivity (Wildman–Crippen MR) is 168 cm³/mol. The molecule has 0 atom stereocenters. The minimum absolute atomic E-state index is 0.227. The summed E-state index contributed by atoms with van der Waals surface area (Å²) in [6, 6.07) is 30.2. The first-order valence-electron chi connectivity index (χ1n) is 13.9. The molecule has 216 valence electrons. The monoisotopic (exact) mass is 581 g/mol. The van der Waals surface area contributed by atoms with Gasteiger partial charge in [0, 0.05) is 49.6 Å². The number of benzene rings is 4. The second kappa shape index (κ2) is 12.3. The van der Waals surface area contributed by atoms with E-state index in [1.807, 2.05) is 6.08 Å². The highest BCUT2D eigenvalue weighted by Gasteiger charge is 2.21. The molecule has 0 saturated carbocycles. The summed E-state index contributed by atoms with van der Waals surface area (Å²) in [6.45, 7) is 10.7. The number of anilines is 1. The molecule has 6 rings (SSSR count). The molecule has 1 saturated heterocycles. The van der Waals surface area contributed by atoms with E-state index in [0.29, 0.717) is 5.56 Å². The Morgan fingerprint density at radius 1 is 0.881 bits per heavy atom. The topological polar surface area (TPSA) is 87.8 Å². The van der Waals surface area contributed by atoms with E-state index in [2.05, 4.69) is 101 Å². The van der Waals surface area contributed by atoms with Crippen molar-refractivity contribution in [1.82, 2.24) is 4.90 Å². The van der Waals surface area contributed by atoms with E-state index < -0.39 is 10.1 Å². The number of piperazine rings is 1. The minimum Gasteiger partial charge on any atom is -0.744 e. The number of hydrogen-bond acceptors (Lipinski definition) is 6. The molecular weight excluding hydrogens is 546 g/mol. The van der Waals surface area contributed by atoms with Gasteiger partial charge in [0.2, 0.25) is 11.0 Å². The second-order valence-corrected chi connectivity index (χ2v) is 11.9. The van der Waals surface area contributed by atoms with Crippen molar-refractivity contribution in [3.8, 4) is 16.9 Å². The number of aryl methyl sites for hydroxylation is 1. The van der Waals surface area contributed by atoms with Gasteiger partial charge in [-0.25, -0.2) is 8.42 Å². The molecule has 0 amide bonds. The van der Waals surface area contributed by atoms with Gasteiger partial charge in [0.1, 0.15) is 15.9 Å². The molecule has 0 spiro atoms. The molecule has 0 bridgehead atoms. The Morgan fingerprint density at radius 3 is 1.98 bits per heavy atom. The summed E-state index contributed by atoms with van der Waals surface area (Å²) in [6.07, 6.45) is 1.98. The molecule has 1 aliphatic heterocycles. The highest BCUT2D eigenvalue weighted by molar-refractivity contribution is 7.85. The lowest BCUT2D eigenvalue weighted by molar-refractivity contribution is -0.634. The van der Waals surface area contributed by atoms with Gasteiger partial charge in [-0.3, -0.25) is 0 Å². The quantitative estimate of drug-likeness (QED) is 0.128. The van der Waals surface area contributed by atoms with E-state index in [0.717, 1.165) is 38.8 Å². The smallest absolute Gasteiger partial charge is 0.213 e. The number of phenolic OH excluding ortho intramolecular Hbond substituents is 1. The fourth-order valence-corrected chi connectivity index (χ4v) is 6.24. The molecule has 0 radical (unpaired) electrons. The number of hydrogen-bond donors (Lipinski definition) is 1. The van der Waals surface area contributed by atoms with Crippen LogP contribution in [0.25, 0.3) is 32.9 Å². The number of rotatable bonds is 5. The SMILES string of the molecule is C=CC[n+]1c2ccccc2c(-c2ccc(N3CCN(C)CC3)cc2)c2ccccc21.Cc1ccc(O)cc1S(=O)(=O)[O-]. The van der Waals surface area contributed by atoms with Crippen molar-refractivity contribution in [2.75, 3.05) is 38.1 Å². The third kappa shape index (κ3) is 6.16. The maximum atomic E-state index is 10.5. The number of pyridine rings is 1. The van der Waals surface area contributed by atoms with Crippen molar-refractivity contribution in [1.29, 1.82) is 0 Å². The zero-order valence-corrected chi connectivity index (χ0v) is 24.7. The van der Waals surface area contributed by atoms with Gasteiger partial charge in [-0.2, -0.15) is 4.57 Å². The lowest BCUT2D eigenvalue weighted by Crippen LogP contribution is -2.44. The Morgan fingerprint density at radius 2 is 1.45 bits per heavy atom. The summed E-state index contributed by atoms with van der Waals surface area (Å²) >= 11 is 0. The lowest BCUT2D eigenvalue weighted by atomic mass is 9.95. The minimum atomic E-state index is -4.47. The average molecular weight is 582 g/mol. The van der Waals surface area contributed by atoms with Crippen LogP contribution in [0.4, 0.5) is 5.69 Å². The van der Waals surface area contributed by atoms with E-state index in [4.69, 9.17) is 5.11 Å². The summed E-state index contributed by atoms with van der Waals surface area (Å²) in [5, 5.41) is 11.5. The summed E-state index contributed by atoms with van der Waals surface area (Å²) in [5.41, 5.74) is 6.72. The van der Waals surface area contributed by atoms with Gasteiger partial charge >= 0.3 is 0 Å². The maximum Gasteiger partial charge on any atom is 0.213 e. The molecule has 2 heterocycles. The van der Waals surface area contributed by atoms with E-state index in [9.17, 15) is 13.0 Å². The first-order chi connectivity index (χ1) is 20.2. The van der Waals surface area contributed by atoms with Crippen molar-refractivity contribution >= 4 is 37.6 Å². The number of allylic oxidation sites excluding steroid dienone is 1. The molecular formula is C34H35N3O4S. The molecule has 8 heteroatoms. The van der Waals surface area contributed by atoms with Crippen LogP contribution >= 0.6 is 0 Å². The summed E-state index contributed by atoms with van der Waals surface area (Å²) in [4.78, 5) is 4.51. The summed E-state index contributed by atoms with van der Waals surface area (Å²) < 4.78 is 34.0. The van der Waals surface area contributed by atoms with Crippen LogP contribution in [0.3, 0.4) is 0 Å². The van der Waals surface area contributed by atoms with Crippen LogP contribution in [-0.2, 0) is 16.7 Å². The van der Waals surface area contributed by atoms with Gasteiger partial charge < -0.3 is 19.5 Å². The number of fused-ring (bicyclic) bond motifs is 2. The Kier molecular flexibility index (Phi) is 8.59. The number of phenols is 1. The van der Waals surface area contributed by atoms with Gasteiger partial charge in [0.15, 0.2) is 6.54 Å². The van der Waals surface area contributed by atoms with Crippen LogP contribution in [0.1, 0.15) is 5.56 Å². The average Bonchev–Trinajstić information content (AvgIpc) is 2.99. The van der Waals surface area contributed by atoms with E-state index in [1.165, 1.54) is 57.7 Å². The Labute approximate surface area is 247 Å². The van der Waals surface area contributed by atoms with Crippen LogP contribution < -0.4 is 9.47 Å². The summed E-state index contributed by atoms with van der Waals surface area (Å²) in [5.74, 6) is -0.227. The predicted octanol–water partition coefficient (Wildman–Crippen LogP) is 5.49. The largest absolute Gasteiger partial charge is 0.744 e. The molecule has 5 aromatic rings. The van der Waals surface area contributed by atoms with Crippen molar-refractivity contribution in [2.24, 2.45) is 0 Å². The summed E-state index contributed by atoms with van der Waals surface area (Å²) in [7, 11) is -2.27. The fourth-order valence-electron chi connectivity index (χ4n) is 5.51. The van der Waals surface area contributed by atoms with Gasteiger partial charge in [0.05, 0.1) is 15.7 Å². The number of aromatic nitrogens is 1. The van der Waals surface area contributed by atoms with Gasteiger partial charge in [0.25, 0.3) is 0 Å². The first-order valence-corrected chi connectivity index (χ1v) is 15.3. The molecule has 4 aromatic carbocycles. The van der Waals surface area contributed by atoms with Crippen molar-refractivity contribution < 1.29 is 22.6 Å². The first kappa shape index (κ1) is 29.3. The Bertz CT molecular complexity index is 1790.